The van der Waals surface area contributed by atoms with Crippen molar-refractivity contribution in [3.63, 3.8) is 0 Å². The van der Waals surface area contributed by atoms with Gasteiger partial charge in [0.05, 0.1) is 12.7 Å². The van der Waals surface area contributed by atoms with Gasteiger partial charge in [-0.3, -0.25) is 0 Å². The van der Waals surface area contributed by atoms with E-state index in [1.807, 2.05) is 25.1 Å². The number of aliphatic hydroxyl groups excluding tert-OH is 1. The minimum Gasteiger partial charge on any atom is -0.454 e. The second kappa shape index (κ2) is 6.58. The third-order valence-electron chi connectivity index (χ3n) is 2.69. The standard InChI is InChI=1S/C13H19NO4/c1-2-16-8-11(15)7-14-6-10-4-3-5-12-13(10)18-9-17-12/h3-5,11,14-15H,2,6-9H2,1H3. The molecule has 18 heavy (non-hydrogen) atoms. The minimum absolute atomic E-state index is 0.277. The summed E-state index contributed by atoms with van der Waals surface area (Å²) in [4.78, 5) is 0. The van der Waals surface area contributed by atoms with Crippen molar-refractivity contribution in [3.8, 4) is 11.5 Å². The van der Waals surface area contributed by atoms with E-state index in [1.165, 1.54) is 0 Å². The summed E-state index contributed by atoms with van der Waals surface area (Å²) in [6.07, 6.45) is -0.487. The Labute approximate surface area is 107 Å². The van der Waals surface area contributed by atoms with Gasteiger partial charge in [-0.25, -0.2) is 0 Å². The van der Waals surface area contributed by atoms with Crippen LogP contribution in [0.25, 0.3) is 0 Å². The van der Waals surface area contributed by atoms with E-state index in [0.29, 0.717) is 26.3 Å². The molecule has 0 spiro atoms. The first-order valence-corrected chi connectivity index (χ1v) is 6.15. The molecule has 100 valence electrons. The SMILES string of the molecule is CCOCC(O)CNCc1cccc2c1OCO2. The van der Waals surface area contributed by atoms with Crippen LogP contribution in [0, 0.1) is 0 Å². The van der Waals surface area contributed by atoms with E-state index in [0.717, 1.165) is 17.1 Å². The fourth-order valence-corrected chi connectivity index (χ4v) is 1.82. The second-order valence-corrected chi connectivity index (χ2v) is 4.10. The zero-order chi connectivity index (χ0) is 12.8. The first kappa shape index (κ1) is 13.1. The van der Waals surface area contributed by atoms with Crippen molar-refractivity contribution in [1.29, 1.82) is 0 Å². The third kappa shape index (κ3) is 3.35. The highest BCUT2D eigenvalue weighted by Gasteiger charge is 2.16. The molecule has 1 aliphatic rings. The maximum absolute atomic E-state index is 9.61. The monoisotopic (exact) mass is 253 g/mol. The van der Waals surface area contributed by atoms with Crippen molar-refractivity contribution in [1.82, 2.24) is 5.32 Å². The topological polar surface area (TPSA) is 60.0 Å². The van der Waals surface area contributed by atoms with Gasteiger partial charge in [0.1, 0.15) is 0 Å². The lowest BCUT2D eigenvalue weighted by Crippen LogP contribution is -2.30. The molecule has 0 aromatic heterocycles. The average molecular weight is 253 g/mol. The molecule has 2 N–H and O–H groups in total. The predicted molar refractivity (Wildman–Crippen MR) is 66.8 cm³/mol. The summed E-state index contributed by atoms with van der Waals surface area (Å²) >= 11 is 0. The van der Waals surface area contributed by atoms with E-state index in [-0.39, 0.29) is 6.79 Å². The van der Waals surface area contributed by atoms with Crippen LogP contribution in [0.3, 0.4) is 0 Å². The molecule has 0 fully saturated rings. The van der Waals surface area contributed by atoms with Crippen molar-refractivity contribution < 1.29 is 19.3 Å². The molecule has 1 aromatic carbocycles. The van der Waals surface area contributed by atoms with Crippen molar-refractivity contribution in [3.05, 3.63) is 23.8 Å². The molecule has 1 aliphatic heterocycles. The number of hydrogen-bond acceptors (Lipinski definition) is 5. The van der Waals surface area contributed by atoms with Crippen molar-refractivity contribution in [2.45, 2.75) is 19.6 Å². The molecule has 1 aromatic rings. The lowest BCUT2D eigenvalue weighted by Gasteiger charge is -2.12. The highest BCUT2D eigenvalue weighted by molar-refractivity contribution is 5.48. The molecule has 0 aliphatic carbocycles. The minimum atomic E-state index is -0.487. The highest BCUT2D eigenvalue weighted by Crippen LogP contribution is 2.35. The van der Waals surface area contributed by atoms with Crippen molar-refractivity contribution in [2.75, 3.05) is 26.6 Å². The van der Waals surface area contributed by atoms with E-state index in [9.17, 15) is 5.11 Å². The van der Waals surface area contributed by atoms with Gasteiger partial charge >= 0.3 is 0 Å². The molecule has 2 rings (SSSR count). The molecular weight excluding hydrogens is 234 g/mol. The molecule has 5 heteroatoms. The van der Waals surface area contributed by atoms with Gasteiger partial charge in [-0.15, -0.1) is 0 Å². The van der Waals surface area contributed by atoms with Crippen LogP contribution in [0.5, 0.6) is 11.5 Å². The van der Waals surface area contributed by atoms with Crippen LogP contribution < -0.4 is 14.8 Å². The zero-order valence-corrected chi connectivity index (χ0v) is 10.5. The molecule has 0 bridgehead atoms. The van der Waals surface area contributed by atoms with E-state index in [4.69, 9.17) is 14.2 Å². The molecular formula is C13H19NO4. The zero-order valence-electron chi connectivity index (χ0n) is 10.5. The number of benzene rings is 1. The second-order valence-electron chi connectivity index (χ2n) is 4.10. The normalized spacial score (nSPS) is 14.8. The van der Waals surface area contributed by atoms with Crippen LogP contribution in [0.4, 0.5) is 0 Å². The Morgan fingerprint density at radius 3 is 3.17 bits per heavy atom. The lowest BCUT2D eigenvalue weighted by atomic mass is 10.2. The first-order valence-electron chi connectivity index (χ1n) is 6.15. The Hall–Kier alpha value is -1.30. The summed E-state index contributed by atoms with van der Waals surface area (Å²) in [6, 6.07) is 5.80. The van der Waals surface area contributed by atoms with E-state index < -0.39 is 6.10 Å². The van der Waals surface area contributed by atoms with Crippen molar-refractivity contribution >= 4 is 0 Å². The Kier molecular flexibility index (Phi) is 4.81. The molecule has 0 saturated heterocycles. The maximum Gasteiger partial charge on any atom is 0.231 e. The van der Waals surface area contributed by atoms with Gasteiger partial charge in [0.2, 0.25) is 6.79 Å². The van der Waals surface area contributed by atoms with Gasteiger partial charge < -0.3 is 24.6 Å². The Balaban J connectivity index is 1.79. The van der Waals surface area contributed by atoms with E-state index >= 15 is 0 Å². The molecule has 1 unspecified atom stereocenters. The number of nitrogens with one attached hydrogen (secondary N) is 1. The van der Waals surface area contributed by atoms with Crippen LogP contribution in [0.2, 0.25) is 0 Å². The molecule has 1 atom stereocenters. The van der Waals surface area contributed by atoms with Gasteiger partial charge in [-0.1, -0.05) is 12.1 Å². The Bertz CT molecular complexity index is 383. The Morgan fingerprint density at radius 1 is 1.44 bits per heavy atom. The maximum atomic E-state index is 9.61. The summed E-state index contributed by atoms with van der Waals surface area (Å²) in [6.45, 7) is 4.29. The third-order valence-corrected chi connectivity index (χ3v) is 2.69. The number of fused-ring (bicyclic) bond motifs is 1. The number of hydrogen-bond donors (Lipinski definition) is 2. The van der Waals surface area contributed by atoms with Gasteiger partial charge in [0, 0.05) is 25.3 Å². The van der Waals surface area contributed by atoms with Crippen LogP contribution in [0.15, 0.2) is 18.2 Å². The molecule has 5 nitrogen and oxygen atoms in total. The quantitative estimate of drug-likeness (QED) is 0.756. The van der Waals surface area contributed by atoms with Gasteiger partial charge in [-0.2, -0.15) is 0 Å². The highest BCUT2D eigenvalue weighted by atomic mass is 16.7. The number of rotatable bonds is 7. The summed E-state index contributed by atoms with van der Waals surface area (Å²) in [5, 5.41) is 12.8. The summed E-state index contributed by atoms with van der Waals surface area (Å²) in [5.74, 6) is 1.58. The average Bonchev–Trinajstić information content (AvgIpc) is 2.85. The van der Waals surface area contributed by atoms with E-state index in [1.54, 1.807) is 0 Å². The molecule has 0 radical (unpaired) electrons. The smallest absolute Gasteiger partial charge is 0.231 e. The molecule has 0 amide bonds. The van der Waals surface area contributed by atoms with Gasteiger partial charge in [-0.05, 0) is 13.0 Å². The van der Waals surface area contributed by atoms with Gasteiger partial charge in [0.15, 0.2) is 11.5 Å². The Morgan fingerprint density at radius 2 is 2.33 bits per heavy atom. The summed E-state index contributed by atoms with van der Waals surface area (Å²) in [5.41, 5.74) is 1.04. The largest absolute Gasteiger partial charge is 0.454 e. The predicted octanol–water partition coefficient (Wildman–Crippen LogP) is 0.902. The fourth-order valence-electron chi connectivity index (χ4n) is 1.82. The molecule has 0 saturated carbocycles. The fraction of sp³-hybridized carbons (Fsp3) is 0.538. The van der Waals surface area contributed by atoms with Crippen LogP contribution >= 0.6 is 0 Å². The number of para-hydroxylation sites is 1. The number of aliphatic hydroxyl groups is 1. The van der Waals surface area contributed by atoms with Crippen LogP contribution in [-0.2, 0) is 11.3 Å². The summed E-state index contributed by atoms with van der Waals surface area (Å²) in [7, 11) is 0. The number of ether oxygens (including phenoxy) is 3. The summed E-state index contributed by atoms with van der Waals surface area (Å²) < 4.78 is 15.8. The van der Waals surface area contributed by atoms with E-state index in [2.05, 4.69) is 5.32 Å². The van der Waals surface area contributed by atoms with Crippen molar-refractivity contribution in [2.24, 2.45) is 0 Å². The lowest BCUT2D eigenvalue weighted by molar-refractivity contribution is 0.0427. The van der Waals surface area contributed by atoms with Crippen LogP contribution in [-0.4, -0.2) is 37.8 Å². The van der Waals surface area contributed by atoms with Crippen LogP contribution in [0.1, 0.15) is 12.5 Å². The van der Waals surface area contributed by atoms with Gasteiger partial charge in [0.25, 0.3) is 0 Å². The first-order chi connectivity index (χ1) is 8.81. The molecule has 1 heterocycles.